The van der Waals surface area contributed by atoms with E-state index in [4.69, 9.17) is 0 Å². The van der Waals surface area contributed by atoms with Crippen LogP contribution in [0, 0.1) is 17.3 Å². The highest BCUT2D eigenvalue weighted by Crippen LogP contribution is 2.45. The maximum atomic E-state index is 2.42. The van der Waals surface area contributed by atoms with Gasteiger partial charge in [-0.15, -0.1) is 0 Å². The van der Waals surface area contributed by atoms with Gasteiger partial charge in [-0.25, -0.2) is 0 Å². The van der Waals surface area contributed by atoms with Crippen molar-refractivity contribution in [2.75, 3.05) is 0 Å². The van der Waals surface area contributed by atoms with Crippen molar-refractivity contribution in [2.24, 2.45) is 17.3 Å². The zero-order valence-corrected chi connectivity index (χ0v) is 10.3. The zero-order valence-electron chi connectivity index (χ0n) is 10.3. The van der Waals surface area contributed by atoms with Crippen LogP contribution in [0.3, 0.4) is 0 Å². The molecule has 1 rings (SSSR count). The number of rotatable bonds is 2. The van der Waals surface area contributed by atoms with E-state index in [0.717, 1.165) is 12.3 Å². The summed E-state index contributed by atoms with van der Waals surface area (Å²) in [5.74, 6) is 1.43. The average molecular weight is 192 g/mol. The summed E-state index contributed by atoms with van der Waals surface area (Å²) in [7, 11) is 0. The first kappa shape index (κ1) is 11.6. The predicted octanol–water partition coefficient (Wildman–Crippen LogP) is 4.58. The van der Waals surface area contributed by atoms with Crippen LogP contribution in [0.25, 0.3) is 0 Å². The Labute approximate surface area is 89.1 Å². The van der Waals surface area contributed by atoms with Gasteiger partial charge in [0, 0.05) is 5.92 Å². The van der Waals surface area contributed by atoms with Gasteiger partial charge in [-0.3, -0.25) is 0 Å². The summed E-state index contributed by atoms with van der Waals surface area (Å²) < 4.78 is 0. The summed E-state index contributed by atoms with van der Waals surface area (Å²) >= 11 is 0. The summed E-state index contributed by atoms with van der Waals surface area (Å²) in [6, 6.07) is 0. The van der Waals surface area contributed by atoms with Crippen molar-refractivity contribution in [3.05, 3.63) is 23.8 Å². The molecule has 0 saturated carbocycles. The molecular formula is C14H24. The summed E-state index contributed by atoms with van der Waals surface area (Å²) in [5.41, 5.74) is 1.97. The van der Waals surface area contributed by atoms with Gasteiger partial charge >= 0.3 is 0 Å². The van der Waals surface area contributed by atoms with Crippen LogP contribution in [0.5, 0.6) is 0 Å². The van der Waals surface area contributed by atoms with E-state index >= 15 is 0 Å². The first-order valence-electron chi connectivity index (χ1n) is 5.83. The molecule has 0 heterocycles. The second-order valence-electron chi connectivity index (χ2n) is 5.22. The maximum Gasteiger partial charge on any atom is 0.00278 e. The Morgan fingerprint density at radius 1 is 1.50 bits per heavy atom. The quantitative estimate of drug-likeness (QED) is 0.562. The highest BCUT2D eigenvalue weighted by Gasteiger charge is 2.36. The van der Waals surface area contributed by atoms with Crippen molar-refractivity contribution < 1.29 is 0 Å². The number of hydrogen-bond donors (Lipinski definition) is 0. The van der Waals surface area contributed by atoms with E-state index in [1.165, 1.54) is 6.42 Å². The molecule has 0 radical (unpaired) electrons. The Kier molecular flexibility index (Phi) is 3.58. The highest BCUT2D eigenvalue weighted by molar-refractivity contribution is 5.19. The van der Waals surface area contributed by atoms with E-state index in [0.29, 0.717) is 11.3 Å². The van der Waals surface area contributed by atoms with Crippen molar-refractivity contribution in [2.45, 2.75) is 47.5 Å². The minimum atomic E-state index is 0.421. The van der Waals surface area contributed by atoms with Crippen molar-refractivity contribution in [3.63, 3.8) is 0 Å². The van der Waals surface area contributed by atoms with Crippen LogP contribution >= 0.6 is 0 Å². The second kappa shape index (κ2) is 4.33. The molecule has 0 aromatic rings. The van der Waals surface area contributed by atoms with Gasteiger partial charge in [0.05, 0.1) is 0 Å². The normalized spacial score (nSPS) is 31.9. The third-order valence-corrected chi connectivity index (χ3v) is 3.92. The number of hydrogen-bond acceptors (Lipinski definition) is 0. The number of allylic oxidation sites excluding steroid dienone is 4. The molecule has 2 atom stereocenters. The molecule has 0 aromatic carbocycles. The van der Waals surface area contributed by atoms with Gasteiger partial charge in [-0.2, -0.15) is 0 Å². The Balaban J connectivity index is 2.92. The van der Waals surface area contributed by atoms with E-state index in [9.17, 15) is 0 Å². The van der Waals surface area contributed by atoms with Crippen LogP contribution in [-0.4, -0.2) is 0 Å². The molecule has 0 nitrogen and oxygen atoms in total. The lowest BCUT2D eigenvalue weighted by molar-refractivity contribution is 0.168. The third kappa shape index (κ3) is 2.10. The Morgan fingerprint density at radius 2 is 2.14 bits per heavy atom. The molecule has 0 heteroatoms. The fourth-order valence-electron chi connectivity index (χ4n) is 2.36. The third-order valence-electron chi connectivity index (χ3n) is 3.92. The molecule has 80 valence electrons. The van der Waals surface area contributed by atoms with Crippen molar-refractivity contribution in [3.8, 4) is 0 Å². The Hall–Kier alpha value is -0.520. The Morgan fingerprint density at radius 3 is 2.71 bits per heavy atom. The molecule has 2 unspecified atom stereocenters. The summed E-state index contributed by atoms with van der Waals surface area (Å²) in [6.07, 6.45) is 9.52. The van der Waals surface area contributed by atoms with Gasteiger partial charge < -0.3 is 0 Å². The molecule has 0 spiro atoms. The van der Waals surface area contributed by atoms with Gasteiger partial charge in [-0.1, -0.05) is 51.5 Å². The van der Waals surface area contributed by atoms with Crippen LogP contribution in [0.4, 0.5) is 0 Å². The average Bonchev–Trinajstić information content (AvgIpc) is 2.12. The molecule has 0 N–H and O–H groups in total. The zero-order chi connectivity index (χ0) is 10.8. The lowest BCUT2D eigenvalue weighted by Gasteiger charge is -2.42. The van der Waals surface area contributed by atoms with Crippen LogP contribution < -0.4 is 0 Å². The Bertz CT molecular complexity index is 243. The van der Waals surface area contributed by atoms with Crippen LogP contribution in [0.2, 0.25) is 0 Å². The largest absolute Gasteiger partial charge is 0.0882 e. The van der Waals surface area contributed by atoms with Crippen molar-refractivity contribution in [1.82, 2.24) is 0 Å². The first-order chi connectivity index (χ1) is 6.50. The smallest absolute Gasteiger partial charge is 0.00278 e. The molecule has 0 bridgehead atoms. The van der Waals surface area contributed by atoms with Gasteiger partial charge in [0.15, 0.2) is 0 Å². The molecule has 0 aliphatic heterocycles. The second-order valence-corrected chi connectivity index (χ2v) is 5.22. The van der Waals surface area contributed by atoms with Gasteiger partial charge in [0.2, 0.25) is 0 Å². The van der Waals surface area contributed by atoms with E-state index in [1.54, 1.807) is 5.57 Å². The minimum absolute atomic E-state index is 0.421. The molecular weight excluding hydrogens is 168 g/mol. The topological polar surface area (TPSA) is 0 Å². The predicted molar refractivity (Wildman–Crippen MR) is 64.2 cm³/mol. The molecule has 1 aliphatic carbocycles. The maximum absolute atomic E-state index is 2.42. The SMILES string of the molecule is CCC=CC1C(C)=CCC(C)C1(C)C. The minimum Gasteiger partial charge on any atom is -0.0882 e. The first-order valence-corrected chi connectivity index (χ1v) is 5.83. The van der Waals surface area contributed by atoms with Gasteiger partial charge in [-0.05, 0) is 31.1 Å². The van der Waals surface area contributed by atoms with Gasteiger partial charge in [0.1, 0.15) is 0 Å². The monoisotopic (exact) mass is 192 g/mol. The molecule has 0 amide bonds. The fraction of sp³-hybridized carbons (Fsp3) is 0.714. The lowest BCUT2D eigenvalue weighted by Crippen LogP contribution is -2.33. The summed E-state index contributed by atoms with van der Waals surface area (Å²) in [4.78, 5) is 0. The summed E-state index contributed by atoms with van der Waals surface area (Å²) in [6.45, 7) is 11.7. The van der Waals surface area contributed by atoms with Crippen LogP contribution in [-0.2, 0) is 0 Å². The molecule has 0 fully saturated rings. The van der Waals surface area contributed by atoms with Crippen molar-refractivity contribution >= 4 is 0 Å². The van der Waals surface area contributed by atoms with Gasteiger partial charge in [0.25, 0.3) is 0 Å². The standard InChI is InChI=1S/C14H24/c1-6-7-8-13-11(2)9-10-12(3)14(13,4)5/h7-9,12-13H,6,10H2,1-5H3. The van der Waals surface area contributed by atoms with E-state index in [1.807, 2.05) is 0 Å². The molecule has 0 aromatic heterocycles. The molecule has 14 heavy (non-hydrogen) atoms. The van der Waals surface area contributed by atoms with E-state index < -0.39 is 0 Å². The van der Waals surface area contributed by atoms with E-state index in [-0.39, 0.29) is 0 Å². The summed E-state index contributed by atoms with van der Waals surface area (Å²) in [5, 5.41) is 0. The van der Waals surface area contributed by atoms with Crippen molar-refractivity contribution in [1.29, 1.82) is 0 Å². The molecule has 1 aliphatic rings. The van der Waals surface area contributed by atoms with Crippen LogP contribution in [0.1, 0.15) is 47.5 Å². The highest BCUT2D eigenvalue weighted by atomic mass is 14.4. The van der Waals surface area contributed by atoms with E-state index in [2.05, 4.69) is 52.8 Å². The lowest BCUT2D eigenvalue weighted by atomic mass is 9.63. The fourth-order valence-corrected chi connectivity index (χ4v) is 2.36. The molecule has 0 saturated heterocycles. The van der Waals surface area contributed by atoms with Crippen LogP contribution in [0.15, 0.2) is 23.8 Å².